The van der Waals surface area contributed by atoms with Crippen LogP contribution in [0.4, 0.5) is 5.69 Å². The SMILES string of the molecule is Cc1cccc(C)c1CN1CCC(O)c2ccccc21. The Morgan fingerprint density at radius 3 is 2.50 bits per heavy atom. The van der Waals surface area contributed by atoms with Crippen molar-refractivity contribution in [3.63, 3.8) is 0 Å². The Kier molecular flexibility index (Phi) is 3.49. The predicted octanol–water partition coefficient (Wildman–Crippen LogP) is 3.75. The summed E-state index contributed by atoms with van der Waals surface area (Å²) in [4.78, 5) is 2.39. The molecular formula is C18H21NO. The summed E-state index contributed by atoms with van der Waals surface area (Å²) in [7, 11) is 0. The summed E-state index contributed by atoms with van der Waals surface area (Å²) in [6, 6.07) is 14.7. The number of nitrogens with zero attached hydrogens (tertiary/aromatic N) is 1. The number of para-hydroxylation sites is 1. The van der Waals surface area contributed by atoms with Gasteiger partial charge in [-0.15, -0.1) is 0 Å². The standard InChI is InChI=1S/C18H21NO/c1-13-6-5-7-14(2)16(13)12-19-11-10-18(20)15-8-3-4-9-17(15)19/h3-9,18,20H,10-12H2,1-2H3. The molecule has 2 nitrogen and oxygen atoms in total. The zero-order valence-corrected chi connectivity index (χ0v) is 12.1. The average Bonchev–Trinajstić information content (AvgIpc) is 2.46. The Morgan fingerprint density at radius 2 is 1.75 bits per heavy atom. The van der Waals surface area contributed by atoms with Crippen LogP contribution in [0.25, 0.3) is 0 Å². The Hall–Kier alpha value is -1.80. The third-order valence-electron chi connectivity index (χ3n) is 4.30. The number of aryl methyl sites for hydroxylation is 2. The highest BCUT2D eigenvalue weighted by Crippen LogP contribution is 2.34. The fourth-order valence-corrected chi connectivity index (χ4v) is 3.06. The lowest BCUT2D eigenvalue weighted by Crippen LogP contribution is -2.31. The molecule has 1 unspecified atom stereocenters. The van der Waals surface area contributed by atoms with Gasteiger partial charge in [-0.3, -0.25) is 0 Å². The first-order chi connectivity index (χ1) is 9.66. The van der Waals surface area contributed by atoms with E-state index in [0.29, 0.717) is 0 Å². The Balaban J connectivity index is 1.95. The molecule has 1 N–H and O–H groups in total. The number of hydrogen-bond acceptors (Lipinski definition) is 2. The first-order valence-corrected chi connectivity index (χ1v) is 7.24. The van der Waals surface area contributed by atoms with Crippen LogP contribution < -0.4 is 4.90 Å². The van der Waals surface area contributed by atoms with E-state index < -0.39 is 0 Å². The first kappa shape index (κ1) is 13.2. The van der Waals surface area contributed by atoms with Crippen molar-refractivity contribution in [3.8, 4) is 0 Å². The fraction of sp³-hybridized carbons (Fsp3) is 0.333. The number of rotatable bonds is 2. The van der Waals surface area contributed by atoms with Crippen LogP contribution in [-0.4, -0.2) is 11.7 Å². The maximum Gasteiger partial charge on any atom is 0.0826 e. The minimum Gasteiger partial charge on any atom is -0.388 e. The second-order valence-electron chi connectivity index (χ2n) is 5.66. The molecule has 0 bridgehead atoms. The summed E-state index contributed by atoms with van der Waals surface area (Å²) in [6.45, 7) is 6.17. The summed E-state index contributed by atoms with van der Waals surface area (Å²) >= 11 is 0. The summed E-state index contributed by atoms with van der Waals surface area (Å²) in [5.74, 6) is 0. The topological polar surface area (TPSA) is 23.5 Å². The third-order valence-corrected chi connectivity index (χ3v) is 4.30. The van der Waals surface area contributed by atoms with Crippen LogP contribution in [0.1, 0.15) is 34.8 Å². The molecule has 1 heterocycles. The molecule has 0 saturated heterocycles. The van der Waals surface area contributed by atoms with Crippen LogP contribution in [-0.2, 0) is 6.54 Å². The average molecular weight is 267 g/mol. The van der Waals surface area contributed by atoms with Gasteiger partial charge in [-0.1, -0.05) is 36.4 Å². The minimum atomic E-state index is -0.319. The predicted molar refractivity (Wildman–Crippen MR) is 83.0 cm³/mol. The van der Waals surface area contributed by atoms with E-state index >= 15 is 0 Å². The largest absolute Gasteiger partial charge is 0.388 e. The molecule has 0 aliphatic carbocycles. The molecule has 0 amide bonds. The van der Waals surface area contributed by atoms with Crippen molar-refractivity contribution in [2.24, 2.45) is 0 Å². The van der Waals surface area contributed by atoms with Crippen molar-refractivity contribution < 1.29 is 5.11 Å². The van der Waals surface area contributed by atoms with Gasteiger partial charge in [0.2, 0.25) is 0 Å². The lowest BCUT2D eigenvalue weighted by molar-refractivity contribution is 0.164. The summed E-state index contributed by atoms with van der Waals surface area (Å²) in [6.07, 6.45) is 0.488. The molecule has 0 radical (unpaired) electrons. The van der Waals surface area contributed by atoms with Gasteiger partial charge in [-0.25, -0.2) is 0 Å². The molecular weight excluding hydrogens is 246 g/mol. The molecule has 1 aliphatic heterocycles. The lowest BCUT2D eigenvalue weighted by atomic mass is 9.96. The van der Waals surface area contributed by atoms with Crippen LogP contribution in [0.3, 0.4) is 0 Å². The summed E-state index contributed by atoms with van der Waals surface area (Å²) < 4.78 is 0. The molecule has 104 valence electrons. The zero-order chi connectivity index (χ0) is 14.1. The van der Waals surface area contributed by atoms with Crippen molar-refractivity contribution in [1.29, 1.82) is 0 Å². The number of benzene rings is 2. The molecule has 0 aromatic heterocycles. The van der Waals surface area contributed by atoms with Gasteiger partial charge in [0.1, 0.15) is 0 Å². The van der Waals surface area contributed by atoms with Crippen LogP contribution in [0, 0.1) is 13.8 Å². The second kappa shape index (κ2) is 5.29. The van der Waals surface area contributed by atoms with Crippen molar-refractivity contribution in [2.75, 3.05) is 11.4 Å². The van der Waals surface area contributed by atoms with Gasteiger partial charge in [-0.2, -0.15) is 0 Å². The van der Waals surface area contributed by atoms with Gasteiger partial charge in [-0.05, 0) is 43.0 Å². The second-order valence-corrected chi connectivity index (χ2v) is 5.66. The van der Waals surface area contributed by atoms with Crippen molar-refractivity contribution in [3.05, 3.63) is 64.7 Å². The number of fused-ring (bicyclic) bond motifs is 1. The number of hydrogen-bond donors (Lipinski definition) is 1. The Morgan fingerprint density at radius 1 is 1.05 bits per heavy atom. The van der Waals surface area contributed by atoms with E-state index in [9.17, 15) is 5.11 Å². The third kappa shape index (κ3) is 2.32. The van der Waals surface area contributed by atoms with E-state index in [1.165, 1.54) is 22.4 Å². The van der Waals surface area contributed by atoms with E-state index in [2.05, 4.69) is 49.1 Å². The van der Waals surface area contributed by atoms with Gasteiger partial charge >= 0.3 is 0 Å². The van der Waals surface area contributed by atoms with Gasteiger partial charge in [0.25, 0.3) is 0 Å². The molecule has 0 spiro atoms. The van der Waals surface area contributed by atoms with Crippen molar-refractivity contribution in [1.82, 2.24) is 0 Å². The highest BCUT2D eigenvalue weighted by Gasteiger charge is 2.23. The van der Waals surface area contributed by atoms with Gasteiger partial charge < -0.3 is 10.0 Å². The zero-order valence-electron chi connectivity index (χ0n) is 12.1. The van der Waals surface area contributed by atoms with E-state index in [-0.39, 0.29) is 6.10 Å². The van der Waals surface area contributed by atoms with Crippen LogP contribution >= 0.6 is 0 Å². The van der Waals surface area contributed by atoms with E-state index in [4.69, 9.17) is 0 Å². The number of aliphatic hydroxyl groups is 1. The Bertz CT molecular complexity index is 600. The molecule has 3 rings (SSSR count). The lowest BCUT2D eigenvalue weighted by Gasteiger charge is -2.34. The molecule has 1 atom stereocenters. The fourth-order valence-electron chi connectivity index (χ4n) is 3.06. The maximum atomic E-state index is 10.1. The quantitative estimate of drug-likeness (QED) is 0.896. The smallest absolute Gasteiger partial charge is 0.0826 e. The van der Waals surface area contributed by atoms with E-state index in [1.807, 2.05) is 12.1 Å². The van der Waals surface area contributed by atoms with Crippen LogP contribution in [0.5, 0.6) is 0 Å². The van der Waals surface area contributed by atoms with Gasteiger partial charge in [0.15, 0.2) is 0 Å². The van der Waals surface area contributed by atoms with E-state index in [0.717, 1.165) is 25.1 Å². The van der Waals surface area contributed by atoms with Gasteiger partial charge in [0.05, 0.1) is 6.10 Å². The Labute approximate surface area is 120 Å². The van der Waals surface area contributed by atoms with Crippen molar-refractivity contribution >= 4 is 5.69 Å². The first-order valence-electron chi connectivity index (χ1n) is 7.24. The van der Waals surface area contributed by atoms with Crippen molar-refractivity contribution in [2.45, 2.75) is 32.9 Å². The molecule has 2 aromatic carbocycles. The minimum absolute atomic E-state index is 0.319. The summed E-state index contributed by atoms with van der Waals surface area (Å²) in [5.41, 5.74) is 6.32. The molecule has 0 fully saturated rings. The van der Waals surface area contributed by atoms with Gasteiger partial charge in [0, 0.05) is 24.3 Å². The maximum absolute atomic E-state index is 10.1. The molecule has 2 aromatic rings. The van der Waals surface area contributed by atoms with E-state index in [1.54, 1.807) is 0 Å². The molecule has 2 heteroatoms. The molecule has 0 saturated carbocycles. The normalized spacial score (nSPS) is 17.9. The number of aliphatic hydroxyl groups excluding tert-OH is 1. The van der Waals surface area contributed by atoms with Crippen LogP contribution in [0.2, 0.25) is 0 Å². The number of anilines is 1. The molecule has 1 aliphatic rings. The monoisotopic (exact) mass is 267 g/mol. The van der Waals surface area contributed by atoms with Crippen LogP contribution in [0.15, 0.2) is 42.5 Å². The molecule has 20 heavy (non-hydrogen) atoms. The summed E-state index contributed by atoms with van der Waals surface area (Å²) in [5, 5.41) is 10.1. The highest BCUT2D eigenvalue weighted by molar-refractivity contribution is 5.57. The highest BCUT2D eigenvalue weighted by atomic mass is 16.3.